The largest absolute Gasteiger partial charge is 0.481 e. The second-order valence-electron chi connectivity index (χ2n) is 7.72. The van der Waals surface area contributed by atoms with Gasteiger partial charge < -0.3 is 25.1 Å². The maximum atomic E-state index is 12.4. The molecule has 0 saturated carbocycles. The van der Waals surface area contributed by atoms with E-state index in [0.717, 1.165) is 13.1 Å². The Morgan fingerprint density at radius 1 is 1.04 bits per heavy atom. The zero-order chi connectivity index (χ0) is 20.1. The second kappa shape index (κ2) is 8.50. The van der Waals surface area contributed by atoms with Gasteiger partial charge >= 0.3 is 12.0 Å². The summed E-state index contributed by atoms with van der Waals surface area (Å²) in [7, 11) is 0. The topological polar surface area (TPSA) is 93.2 Å². The number of aliphatic carboxylic acids is 1. The van der Waals surface area contributed by atoms with Gasteiger partial charge in [0.15, 0.2) is 0 Å². The molecule has 2 heterocycles. The average molecular weight is 388 g/mol. The fraction of sp³-hybridized carbons (Fsp3) is 0.550. The summed E-state index contributed by atoms with van der Waals surface area (Å²) in [6.45, 7) is 5.47. The molecule has 0 bridgehead atoms. The van der Waals surface area contributed by atoms with Crippen molar-refractivity contribution in [3.05, 3.63) is 30.3 Å². The van der Waals surface area contributed by atoms with Crippen molar-refractivity contribution in [3.63, 3.8) is 0 Å². The van der Waals surface area contributed by atoms with Crippen LogP contribution in [0.1, 0.15) is 19.8 Å². The highest BCUT2D eigenvalue weighted by Gasteiger charge is 2.42. The SMILES string of the molecule is CC1(C(=O)O)CCN(C(=O)NCCC(=O)N2CCN(c3ccccc3)CC2)C1. The number of carbonyl (C=O) groups is 3. The van der Waals surface area contributed by atoms with Crippen LogP contribution in [0.4, 0.5) is 10.5 Å². The third kappa shape index (κ3) is 4.55. The number of carbonyl (C=O) groups excluding carboxylic acids is 2. The van der Waals surface area contributed by atoms with Crippen LogP contribution in [0.25, 0.3) is 0 Å². The van der Waals surface area contributed by atoms with Crippen molar-refractivity contribution in [3.8, 4) is 0 Å². The van der Waals surface area contributed by atoms with E-state index in [1.54, 1.807) is 6.92 Å². The van der Waals surface area contributed by atoms with E-state index in [-0.39, 0.29) is 31.4 Å². The third-order valence-corrected chi connectivity index (χ3v) is 5.65. The summed E-state index contributed by atoms with van der Waals surface area (Å²) in [6.07, 6.45) is 0.696. The molecule has 8 heteroatoms. The molecule has 2 N–H and O–H groups in total. The predicted octanol–water partition coefficient (Wildman–Crippen LogP) is 1.23. The van der Waals surface area contributed by atoms with Gasteiger partial charge in [-0.1, -0.05) is 18.2 Å². The Morgan fingerprint density at radius 2 is 1.71 bits per heavy atom. The highest BCUT2D eigenvalue weighted by atomic mass is 16.4. The molecule has 3 rings (SSSR count). The molecule has 8 nitrogen and oxygen atoms in total. The lowest BCUT2D eigenvalue weighted by Gasteiger charge is -2.36. The van der Waals surface area contributed by atoms with Crippen LogP contribution >= 0.6 is 0 Å². The Balaban J connectivity index is 1.37. The van der Waals surface area contributed by atoms with E-state index in [0.29, 0.717) is 26.1 Å². The van der Waals surface area contributed by atoms with E-state index in [1.807, 2.05) is 23.1 Å². The molecular formula is C20H28N4O4. The third-order valence-electron chi connectivity index (χ3n) is 5.65. The van der Waals surface area contributed by atoms with Crippen molar-refractivity contribution in [2.24, 2.45) is 5.41 Å². The van der Waals surface area contributed by atoms with Crippen LogP contribution in [0.15, 0.2) is 30.3 Å². The van der Waals surface area contributed by atoms with Gasteiger partial charge in [0.05, 0.1) is 5.41 Å². The first-order chi connectivity index (χ1) is 13.4. The first kappa shape index (κ1) is 20.0. The maximum Gasteiger partial charge on any atom is 0.317 e. The summed E-state index contributed by atoms with van der Waals surface area (Å²) in [6, 6.07) is 9.85. The molecule has 1 aromatic carbocycles. The van der Waals surface area contributed by atoms with Gasteiger partial charge in [-0.15, -0.1) is 0 Å². The van der Waals surface area contributed by atoms with E-state index in [4.69, 9.17) is 0 Å². The van der Waals surface area contributed by atoms with Crippen LogP contribution in [0.2, 0.25) is 0 Å². The van der Waals surface area contributed by atoms with Gasteiger partial charge in [0.25, 0.3) is 0 Å². The van der Waals surface area contributed by atoms with Gasteiger partial charge in [0, 0.05) is 57.9 Å². The van der Waals surface area contributed by atoms with E-state index < -0.39 is 11.4 Å². The number of nitrogens with zero attached hydrogens (tertiary/aromatic N) is 3. The molecule has 0 aliphatic carbocycles. The Labute approximate surface area is 165 Å². The number of piperazine rings is 1. The van der Waals surface area contributed by atoms with Gasteiger partial charge in [-0.3, -0.25) is 9.59 Å². The molecule has 2 fully saturated rings. The lowest BCUT2D eigenvalue weighted by molar-refractivity contribution is -0.147. The molecule has 28 heavy (non-hydrogen) atoms. The lowest BCUT2D eigenvalue weighted by atomic mass is 9.90. The van der Waals surface area contributed by atoms with Crippen molar-refractivity contribution in [2.75, 3.05) is 50.7 Å². The normalized spacial score (nSPS) is 22.2. The van der Waals surface area contributed by atoms with Crippen molar-refractivity contribution in [1.82, 2.24) is 15.1 Å². The number of hydrogen-bond acceptors (Lipinski definition) is 4. The van der Waals surface area contributed by atoms with Crippen molar-refractivity contribution < 1.29 is 19.5 Å². The molecule has 1 unspecified atom stereocenters. The molecule has 1 atom stereocenters. The number of nitrogens with one attached hydrogen (secondary N) is 1. The summed E-state index contributed by atoms with van der Waals surface area (Å²) in [5.74, 6) is -0.850. The van der Waals surface area contributed by atoms with Gasteiger partial charge in [-0.05, 0) is 25.5 Å². The molecule has 2 aliphatic rings. The number of likely N-dealkylation sites (tertiary alicyclic amines) is 1. The van der Waals surface area contributed by atoms with Crippen LogP contribution < -0.4 is 10.2 Å². The first-order valence-corrected chi connectivity index (χ1v) is 9.73. The Hall–Kier alpha value is -2.77. The zero-order valence-corrected chi connectivity index (χ0v) is 16.3. The van der Waals surface area contributed by atoms with E-state index in [1.165, 1.54) is 10.6 Å². The molecule has 2 aliphatic heterocycles. The van der Waals surface area contributed by atoms with Crippen LogP contribution in [-0.2, 0) is 9.59 Å². The number of carboxylic acids is 1. The van der Waals surface area contributed by atoms with Crippen molar-refractivity contribution in [2.45, 2.75) is 19.8 Å². The maximum absolute atomic E-state index is 12.4. The number of amides is 3. The molecule has 0 aromatic heterocycles. The fourth-order valence-corrected chi connectivity index (χ4v) is 3.71. The molecule has 1 aromatic rings. The average Bonchev–Trinajstić information content (AvgIpc) is 3.12. The van der Waals surface area contributed by atoms with Gasteiger partial charge in [-0.25, -0.2) is 4.79 Å². The number of hydrogen-bond donors (Lipinski definition) is 2. The molecule has 152 valence electrons. The van der Waals surface area contributed by atoms with Crippen molar-refractivity contribution >= 4 is 23.6 Å². The summed E-state index contributed by atoms with van der Waals surface area (Å²) in [5.41, 5.74) is 0.284. The minimum Gasteiger partial charge on any atom is -0.481 e. The van der Waals surface area contributed by atoms with Gasteiger partial charge in [0.2, 0.25) is 5.91 Å². The molecule has 0 spiro atoms. The first-order valence-electron chi connectivity index (χ1n) is 9.73. The summed E-state index contributed by atoms with van der Waals surface area (Å²) in [5, 5.41) is 12.0. The summed E-state index contributed by atoms with van der Waals surface area (Å²) < 4.78 is 0. The van der Waals surface area contributed by atoms with Gasteiger partial charge in [0.1, 0.15) is 0 Å². The summed E-state index contributed by atoms with van der Waals surface area (Å²) in [4.78, 5) is 41.5. The number of carboxylic acid groups (broad SMARTS) is 1. The number of para-hydroxylation sites is 1. The van der Waals surface area contributed by atoms with Crippen LogP contribution in [-0.4, -0.2) is 78.6 Å². The lowest BCUT2D eigenvalue weighted by Crippen LogP contribution is -2.49. The molecule has 0 radical (unpaired) electrons. The molecule has 2 saturated heterocycles. The van der Waals surface area contributed by atoms with E-state index in [2.05, 4.69) is 22.3 Å². The quantitative estimate of drug-likeness (QED) is 0.791. The minimum absolute atomic E-state index is 0.0322. The summed E-state index contributed by atoms with van der Waals surface area (Å²) >= 11 is 0. The monoisotopic (exact) mass is 388 g/mol. The zero-order valence-electron chi connectivity index (χ0n) is 16.3. The molecular weight excluding hydrogens is 360 g/mol. The van der Waals surface area contributed by atoms with Gasteiger partial charge in [-0.2, -0.15) is 0 Å². The number of rotatable bonds is 5. The van der Waals surface area contributed by atoms with E-state index >= 15 is 0 Å². The van der Waals surface area contributed by atoms with E-state index in [9.17, 15) is 19.5 Å². The highest BCUT2D eigenvalue weighted by Crippen LogP contribution is 2.29. The number of anilines is 1. The Morgan fingerprint density at radius 3 is 2.32 bits per heavy atom. The predicted molar refractivity (Wildman–Crippen MR) is 105 cm³/mol. The second-order valence-corrected chi connectivity index (χ2v) is 7.72. The molecule has 3 amide bonds. The fourth-order valence-electron chi connectivity index (χ4n) is 3.71. The highest BCUT2D eigenvalue weighted by molar-refractivity contribution is 5.80. The Kier molecular flexibility index (Phi) is 6.06. The number of benzene rings is 1. The van der Waals surface area contributed by atoms with Crippen LogP contribution in [0, 0.1) is 5.41 Å². The van der Waals surface area contributed by atoms with Crippen LogP contribution in [0.3, 0.4) is 0 Å². The standard InChI is InChI=1S/C20H28N4O4/c1-20(18(26)27)8-10-24(15-20)19(28)21-9-7-17(25)23-13-11-22(12-14-23)16-5-3-2-4-6-16/h2-6H,7-15H2,1H3,(H,21,28)(H,26,27). The minimum atomic E-state index is -0.883. The van der Waals surface area contributed by atoms with Crippen LogP contribution in [0.5, 0.6) is 0 Å². The Bertz CT molecular complexity index is 718. The number of urea groups is 1. The smallest absolute Gasteiger partial charge is 0.317 e. The van der Waals surface area contributed by atoms with Crippen molar-refractivity contribution in [1.29, 1.82) is 0 Å².